The van der Waals surface area contributed by atoms with Crippen molar-refractivity contribution in [1.82, 2.24) is 4.31 Å². The number of rotatable bonds is 6. The first-order valence-corrected chi connectivity index (χ1v) is 9.21. The lowest BCUT2D eigenvalue weighted by Crippen LogP contribution is -2.22. The summed E-state index contributed by atoms with van der Waals surface area (Å²) in [6.07, 6.45) is 0. The number of sulfonamides is 1. The molecule has 0 spiro atoms. The molecule has 0 aliphatic rings. The van der Waals surface area contributed by atoms with Gasteiger partial charge in [0.15, 0.2) is 0 Å². The minimum atomic E-state index is -3.60. The quantitative estimate of drug-likeness (QED) is 0.835. The van der Waals surface area contributed by atoms with E-state index in [1.54, 1.807) is 31.2 Å². The third kappa shape index (κ3) is 3.97. The number of ether oxygens (including phenoxy) is 2. The molecule has 0 bridgehead atoms. The van der Waals surface area contributed by atoms with Crippen molar-refractivity contribution >= 4 is 21.6 Å². The summed E-state index contributed by atoms with van der Waals surface area (Å²) in [6, 6.07) is 9.47. The van der Waals surface area contributed by atoms with E-state index in [1.807, 2.05) is 0 Å². The third-order valence-corrected chi connectivity index (χ3v) is 5.70. The Hall–Kier alpha value is -2.58. The molecule has 0 atom stereocenters. The highest BCUT2D eigenvalue weighted by Crippen LogP contribution is 2.27. The molecule has 0 radical (unpaired) electrons. The minimum absolute atomic E-state index is 0.0982. The summed E-state index contributed by atoms with van der Waals surface area (Å²) in [5.41, 5.74) is 1.42. The molecule has 0 saturated carbocycles. The highest BCUT2D eigenvalue weighted by atomic mass is 32.2. The largest absolute Gasteiger partial charge is 0.497 e. The van der Waals surface area contributed by atoms with Crippen LogP contribution in [0, 0.1) is 6.92 Å². The van der Waals surface area contributed by atoms with Crippen LogP contribution in [0.15, 0.2) is 41.3 Å². The van der Waals surface area contributed by atoms with E-state index in [0.29, 0.717) is 17.2 Å². The molecule has 2 aromatic rings. The van der Waals surface area contributed by atoms with Crippen molar-refractivity contribution in [1.29, 1.82) is 0 Å². The van der Waals surface area contributed by atoms with Gasteiger partial charge in [-0.1, -0.05) is 6.07 Å². The van der Waals surface area contributed by atoms with E-state index < -0.39 is 15.9 Å². The molecule has 140 valence electrons. The number of hydrogen-bond donors (Lipinski definition) is 1. The van der Waals surface area contributed by atoms with Crippen molar-refractivity contribution in [2.24, 2.45) is 0 Å². The molecule has 0 aromatic heterocycles. The molecule has 0 unspecified atom stereocenters. The summed E-state index contributed by atoms with van der Waals surface area (Å²) in [5.74, 6) is 0.470. The van der Waals surface area contributed by atoms with Crippen molar-refractivity contribution in [3.05, 3.63) is 47.5 Å². The zero-order chi connectivity index (χ0) is 19.5. The van der Waals surface area contributed by atoms with Gasteiger partial charge >= 0.3 is 0 Å². The molecule has 0 heterocycles. The Balaban J connectivity index is 2.41. The lowest BCUT2D eigenvalue weighted by molar-refractivity contribution is 0.102. The van der Waals surface area contributed by atoms with Gasteiger partial charge < -0.3 is 14.8 Å². The van der Waals surface area contributed by atoms with Crippen LogP contribution in [0.5, 0.6) is 11.5 Å². The fourth-order valence-electron chi connectivity index (χ4n) is 2.29. The Morgan fingerprint density at radius 3 is 2.31 bits per heavy atom. The van der Waals surface area contributed by atoms with Crippen LogP contribution in [0.2, 0.25) is 0 Å². The number of amides is 1. The maximum atomic E-state index is 12.7. The van der Waals surface area contributed by atoms with Crippen LogP contribution < -0.4 is 14.8 Å². The van der Waals surface area contributed by atoms with Gasteiger partial charge in [0.1, 0.15) is 11.5 Å². The number of nitrogens with zero attached hydrogens (tertiary/aromatic N) is 1. The molecule has 0 aliphatic heterocycles. The smallest absolute Gasteiger partial charge is 0.259 e. The Morgan fingerprint density at radius 1 is 1.04 bits per heavy atom. The SMILES string of the molecule is COc1ccc(OC)c(C(=O)Nc2cc(S(=O)(=O)N(C)C)ccc2C)c1. The van der Waals surface area contributed by atoms with Crippen LogP contribution in [0.3, 0.4) is 0 Å². The van der Waals surface area contributed by atoms with Crippen molar-refractivity contribution in [3.63, 3.8) is 0 Å². The number of benzene rings is 2. The van der Waals surface area contributed by atoms with Gasteiger partial charge in [0.05, 0.1) is 24.7 Å². The first-order chi connectivity index (χ1) is 12.2. The fourth-order valence-corrected chi connectivity index (χ4v) is 3.22. The number of nitrogens with one attached hydrogen (secondary N) is 1. The second-order valence-corrected chi connectivity index (χ2v) is 7.94. The first-order valence-electron chi connectivity index (χ1n) is 7.77. The highest BCUT2D eigenvalue weighted by molar-refractivity contribution is 7.89. The van der Waals surface area contributed by atoms with Crippen LogP contribution in [-0.4, -0.2) is 46.9 Å². The van der Waals surface area contributed by atoms with Crippen molar-refractivity contribution < 1.29 is 22.7 Å². The number of methoxy groups -OCH3 is 2. The number of aryl methyl sites for hydroxylation is 1. The summed E-state index contributed by atoms with van der Waals surface area (Å²) >= 11 is 0. The Labute approximate surface area is 153 Å². The van der Waals surface area contributed by atoms with Gasteiger partial charge in [-0.3, -0.25) is 4.79 Å². The minimum Gasteiger partial charge on any atom is -0.497 e. The van der Waals surface area contributed by atoms with E-state index in [4.69, 9.17) is 9.47 Å². The van der Waals surface area contributed by atoms with Crippen molar-refractivity contribution in [2.75, 3.05) is 33.6 Å². The van der Waals surface area contributed by atoms with Crippen LogP contribution in [-0.2, 0) is 10.0 Å². The molecule has 0 saturated heterocycles. The van der Waals surface area contributed by atoms with Gasteiger partial charge in [-0.2, -0.15) is 0 Å². The monoisotopic (exact) mass is 378 g/mol. The molecule has 2 rings (SSSR count). The number of hydrogen-bond acceptors (Lipinski definition) is 5. The van der Waals surface area contributed by atoms with E-state index in [1.165, 1.54) is 40.4 Å². The molecule has 2 aromatic carbocycles. The standard InChI is InChI=1S/C18H22N2O5S/c1-12-6-8-14(26(22,23)20(2)3)11-16(12)19-18(21)15-10-13(24-4)7-9-17(15)25-5/h6-11H,1-5H3,(H,19,21). The molecular formula is C18H22N2O5S. The topological polar surface area (TPSA) is 84.9 Å². The van der Waals surface area contributed by atoms with Crippen LogP contribution in [0.4, 0.5) is 5.69 Å². The molecular weight excluding hydrogens is 356 g/mol. The normalized spacial score (nSPS) is 11.3. The van der Waals surface area contributed by atoms with E-state index in [0.717, 1.165) is 9.87 Å². The van der Waals surface area contributed by atoms with E-state index in [9.17, 15) is 13.2 Å². The van der Waals surface area contributed by atoms with E-state index in [-0.39, 0.29) is 10.5 Å². The molecule has 8 heteroatoms. The molecule has 0 aliphatic carbocycles. The van der Waals surface area contributed by atoms with Gasteiger partial charge in [-0.05, 0) is 42.8 Å². The first kappa shape index (κ1) is 19.7. The summed E-state index contributed by atoms with van der Waals surface area (Å²) in [6.45, 7) is 1.78. The number of carbonyl (C=O) groups is 1. The Morgan fingerprint density at radius 2 is 1.73 bits per heavy atom. The Bertz CT molecular complexity index is 923. The molecule has 1 N–H and O–H groups in total. The van der Waals surface area contributed by atoms with Crippen LogP contribution >= 0.6 is 0 Å². The van der Waals surface area contributed by atoms with E-state index in [2.05, 4.69) is 5.32 Å². The zero-order valence-corrected chi connectivity index (χ0v) is 16.2. The molecule has 1 amide bonds. The van der Waals surface area contributed by atoms with Crippen molar-refractivity contribution in [2.45, 2.75) is 11.8 Å². The maximum Gasteiger partial charge on any atom is 0.259 e. The fraction of sp³-hybridized carbons (Fsp3) is 0.278. The summed E-state index contributed by atoms with van der Waals surface area (Å²) < 4.78 is 36.1. The third-order valence-electron chi connectivity index (χ3n) is 3.89. The summed E-state index contributed by atoms with van der Waals surface area (Å²) in [7, 11) is 2.27. The maximum absolute atomic E-state index is 12.7. The lowest BCUT2D eigenvalue weighted by atomic mass is 10.1. The molecule has 7 nitrogen and oxygen atoms in total. The second kappa shape index (κ2) is 7.76. The number of anilines is 1. The van der Waals surface area contributed by atoms with Crippen molar-refractivity contribution in [3.8, 4) is 11.5 Å². The highest BCUT2D eigenvalue weighted by Gasteiger charge is 2.20. The van der Waals surface area contributed by atoms with Gasteiger partial charge in [-0.25, -0.2) is 12.7 Å². The predicted octanol–water partition coefficient (Wildman–Crippen LogP) is 2.51. The summed E-state index contributed by atoms with van der Waals surface area (Å²) in [4.78, 5) is 12.8. The predicted molar refractivity (Wildman–Crippen MR) is 99.6 cm³/mol. The number of carbonyl (C=O) groups excluding carboxylic acids is 1. The van der Waals surface area contributed by atoms with Gasteiger partial charge in [-0.15, -0.1) is 0 Å². The average Bonchev–Trinajstić information content (AvgIpc) is 2.62. The molecule has 26 heavy (non-hydrogen) atoms. The summed E-state index contributed by atoms with van der Waals surface area (Å²) in [5, 5.41) is 2.75. The average molecular weight is 378 g/mol. The second-order valence-electron chi connectivity index (χ2n) is 5.78. The molecule has 0 fully saturated rings. The lowest BCUT2D eigenvalue weighted by Gasteiger charge is -2.15. The van der Waals surface area contributed by atoms with Crippen LogP contribution in [0.25, 0.3) is 0 Å². The Kier molecular flexibility index (Phi) is 5.89. The van der Waals surface area contributed by atoms with Gasteiger partial charge in [0.2, 0.25) is 10.0 Å². The van der Waals surface area contributed by atoms with Gasteiger partial charge in [0, 0.05) is 19.8 Å². The van der Waals surface area contributed by atoms with E-state index >= 15 is 0 Å². The zero-order valence-electron chi connectivity index (χ0n) is 15.4. The van der Waals surface area contributed by atoms with Crippen LogP contribution in [0.1, 0.15) is 15.9 Å². The van der Waals surface area contributed by atoms with Gasteiger partial charge in [0.25, 0.3) is 5.91 Å².